The zero-order chi connectivity index (χ0) is 36.7. The van der Waals surface area contributed by atoms with E-state index in [2.05, 4.69) is 161 Å². The molecule has 0 saturated heterocycles. The third kappa shape index (κ3) is 4.39. The van der Waals surface area contributed by atoms with E-state index in [-0.39, 0.29) is 0 Å². The van der Waals surface area contributed by atoms with Crippen LogP contribution in [0.1, 0.15) is 0 Å². The molecule has 12 aromatic rings. The van der Waals surface area contributed by atoms with E-state index in [4.69, 9.17) is 15.0 Å². The molecule has 0 atom stereocenters. The van der Waals surface area contributed by atoms with Gasteiger partial charge in [-0.25, -0.2) is 4.98 Å². The number of rotatable bonds is 3. The van der Waals surface area contributed by atoms with Gasteiger partial charge in [0.1, 0.15) is 0 Å². The first kappa shape index (κ1) is 30.8. The first-order chi connectivity index (χ1) is 27.8. The summed E-state index contributed by atoms with van der Waals surface area (Å²) in [6, 6.07) is 66.9. The minimum atomic E-state index is 0.581. The highest BCUT2D eigenvalue weighted by Crippen LogP contribution is 2.44. The molecule has 0 saturated carbocycles. The number of para-hydroxylation sites is 3. The molecule has 0 spiro atoms. The largest absolute Gasteiger partial charge is 0.308 e. The molecule has 56 heavy (non-hydrogen) atoms. The van der Waals surface area contributed by atoms with Gasteiger partial charge in [0.2, 0.25) is 5.95 Å². The van der Waals surface area contributed by atoms with Crippen LogP contribution in [0.4, 0.5) is 0 Å². The predicted octanol–water partition coefficient (Wildman–Crippen LogP) is 12.9. The van der Waals surface area contributed by atoms with Crippen LogP contribution in [-0.4, -0.2) is 23.9 Å². The molecule has 5 nitrogen and oxygen atoms in total. The average molecular weight is 714 g/mol. The highest BCUT2D eigenvalue weighted by molar-refractivity contribution is 6.32. The van der Waals surface area contributed by atoms with E-state index in [1.165, 1.54) is 54.0 Å². The monoisotopic (exact) mass is 713 g/mol. The van der Waals surface area contributed by atoms with Crippen molar-refractivity contribution in [3.8, 4) is 28.7 Å². The van der Waals surface area contributed by atoms with Crippen molar-refractivity contribution < 1.29 is 0 Å². The molecule has 0 aliphatic heterocycles. The van der Waals surface area contributed by atoms with E-state index in [0.717, 1.165) is 38.6 Å². The standard InChI is InChI=1S/C51H31N5/c1-3-16-32(17-4-1)49-52-50(33-18-5-2-6-19-33)54-51(53-49)56-43-29-14-12-25-40(43)46-45(56)31-30-44-47(46)41-27-15-26-39-37-23-10-8-21-35(37)34-20-7-9-22-36(34)38-24-11-13-28-42(38)55(44)48(39)41/h1-31H. The Morgan fingerprint density at radius 3 is 1.38 bits per heavy atom. The maximum atomic E-state index is 5.21. The van der Waals surface area contributed by atoms with Gasteiger partial charge in [-0.05, 0) is 45.8 Å². The molecule has 0 radical (unpaired) electrons. The second kappa shape index (κ2) is 11.9. The first-order valence-electron chi connectivity index (χ1n) is 19.0. The Balaban J connectivity index is 1.29. The number of hydrogen-bond donors (Lipinski definition) is 0. The van der Waals surface area contributed by atoms with Crippen LogP contribution in [0.15, 0.2) is 188 Å². The second-order valence-corrected chi connectivity index (χ2v) is 14.4. The topological polar surface area (TPSA) is 48.0 Å². The Bertz CT molecular complexity index is 3530. The molecule has 4 heterocycles. The minimum Gasteiger partial charge on any atom is -0.308 e. The molecule has 12 rings (SSSR count). The van der Waals surface area contributed by atoms with Crippen LogP contribution >= 0.6 is 0 Å². The Morgan fingerprint density at radius 2 is 0.732 bits per heavy atom. The average Bonchev–Trinajstić information content (AvgIpc) is 3.80. The number of fused-ring (bicyclic) bond motifs is 14. The van der Waals surface area contributed by atoms with Crippen molar-refractivity contribution in [2.75, 3.05) is 0 Å². The van der Waals surface area contributed by atoms with Gasteiger partial charge in [-0.2, -0.15) is 9.97 Å². The van der Waals surface area contributed by atoms with Gasteiger partial charge in [0.15, 0.2) is 11.6 Å². The molecule has 5 heteroatoms. The summed E-state index contributed by atoms with van der Waals surface area (Å²) in [5.74, 6) is 1.85. The van der Waals surface area contributed by atoms with Crippen LogP contribution in [0.25, 0.3) is 110 Å². The van der Waals surface area contributed by atoms with Gasteiger partial charge in [0.25, 0.3) is 0 Å². The van der Waals surface area contributed by atoms with Crippen molar-refractivity contribution >= 4 is 81.4 Å². The van der Waals surface area contributed by atoms with Crippen LogP contribution in [0.5, 0.6) is 0 Å². The Hall–Kier alpha value is -7.63. The molecule has 0 amide bonds. The summed E-state index contributed by atoms with van der Waals surface area (Å²) < 4.78 is 4.73. The first-order valence-corrected chi connectivity index (χ1v) is 19.0. The molecule has 0 N–H and O–H groups in total. The zero-order valence-corrected chi connectivity index (χ0v) is 30.1. The van der Waals surface area contributed by atoms with Crippen LogP contribution in [0.2, 0.25) is 0 Å². The summed E-state index contributed by atoms with van der Waals surface area (Å²) >= 11 is 0. The van der Waals surface area contributed by atoms with Gasteiger partial charge in [-0.15, -0.1) is 0 Å². The molecule has 260 valence electrons. The van der Waals surface area contributed by atoms with Crippen LogP contribution < -0.4 is 0 Å². The van der Waals surface area contributed by atoms with Gasteiger partial charge < -0.3 is 4.40 Å². The van der Waals surface area contributed by atoms with Gasteiger partial charge in [-0.3, -0.25) is 4.57 Å². The normalized spacial score (nSPS) is 11.9. The molecule has 8 aromatic carbocycles. The number of benzene rings is 8. The van der Waals surface area contributed by atoms with Gasteiger partial charge in [-0.1, -0.05) is 164 Å². The van der Waals surface area contributed by atoms with Crippen molar-refractivity contribution in [2.45, 2.75) is 0 Å². The summed E-state index contributed by atoms with van der Waals surface area (Å²) in [5.41, 5.74) is 7.45. The van der Waals surface area contributed by atoms with Crippen molar-refractivity contribution in [1.82, 2.24) is 23.9 Å². The van der Waals surface area contributed by atoms with Crippen LogP contribution in [-0.2, 0) is 0 Å². The fourth-order valence-corrected chi connectivity index (χ4v) is 9.00. The van der Waals surface area contributed by atoms with Crippen molar-refractivity contribution in [3.05, 3.63) is 188 Å². The van der Waals surface area contributed by atoms with Gasteiger partial charge in [0, 0.05) is 43.4 Å². The summed E-state index contributed by atoms with van der Waals surface area (Å²) in [5, 5.41) is 12.0. The lowest BCUT2D eigenvalue weighted by molar-refractivity contribution is 0.953. The van der Waals surface area contributed by atoms with Crippen LogP contribution in [0.3, 0.4) is 0 Å². The highest BCUT2D eigenvalue weighted by atomic mass is 15.2. The quantitative estimate of drug-likeness (QED) is 0.183. The molecule has 0 fully saturated rings. The Kier molecular flexibility index (Phi) is 6.56. The molecule has 0 unspecified atom stereocenters. The predicted molar refractivity (Wildman–Crippen MR) is 232 cm³/mol. The maximum Gasteiger partial charge on any atom is 0.238 e. The fourth-order valence-electron chi connectivity index (χ4n) is 9.00. The minimum absolute atomic E-state index is 0.581. The molecule has 0 bridgehead atoms. The van der Waals surface area contributed by atoms with E-state index in [1.807, 2.05) is 36.4 Å². The summed E-state index contributed by atoms with van der Waals surface area (Å²) in [7, 11) is 0. The fraction of sp³-hybridized carbons (Fsp3) is 0. The van der Waals surface area contributed by atoms with Gasteiger partial charge >= 0.3 is 0 Å². The van der Waals surface area contributed by atoms with E-state index in [1.54, 1.807) is 0 Å². The molecule has 4 aromatic heterocycles. The number of aromatic nitrogens is 5. The van der Waals surface area contributed by atoms with Crippen molar-refractivity contribution in [1.29, 1.82) is 0 Å². The highest BCUT2D eigenvalue weighted by Gasteiger charge is 2.23. The maximum absolute atomic E-state index is 5.21. The molecule has 0 aliphatic rings. The smallest absolute Gasteiger partial charge is 0.238 e. The zero-order valence-electron chi connectivity index (χ0n) is 30.1. The third-order valence-corrected chi connectivity index (χ3v) is 11.3. The number of hydrogen-bond acceptors (Lipinski definition) is 3. The van der Waals surface area contributed by atoms with E-state index >= 15 is 0 Å². The lowest BCUT2D eigenvalue weighted by atomic mass is 10.00. The molecular weight excluding hydrogens is 683 g/mol. The second-order valence-electron chi connectivity index (χ2n) is 14.4. The number of nitrogens with zero attached hydrogens (tertiary/aromatic N) is 5. The lowest BCUT2D eigenvalue weighted by Gasteiger charge is -2.11. The van der Waals surface area contributed by atoms with E-state index in [9.17, 15) is 0 Å². The molecule has 0 aliphatic carbocycles. The van der Waals surface area contributed by atoms with Crippen molar-refractivity contribution in [2.24, 2.45) is 0 Å². The third-order valence-electron chi connectivity index (χ3n) is 11.3. The summed E-state index contributed by atoms with van der Waals surface area (Å²) in [4.78, 5) is 15.4. The van der Waals surface area contributed by atoms with Crippen LogP contribution in [0, 0.1) is 0 Å². The van der Waals surface area contributed by atoms with E-state index in [0.29, 0.717) is 17.6 Å². The van der Waals surface area contributed by atoms with E-state index < -0.39 is 0 Å². The summed E-state index contributed by atoms with van der Waals surface area (Å²) in [6.07, 6.45) is 0. The Labute approximate surface area is 321 Å². The summed E-state index contributed by atoms with van der Waals surface area (Å²) in [6.45, 7) is 0. The van der Waals surface area contributed by atoms with Gasteiger partial charge in [0.05, 0.1) is 27.6 Å². The Morgan fingerprint density at radius 1 is 0.286 bits per heavy atom. The van der Waals surface area contributed by atoms with Crippen molar-refractivity contribution in [3.63, 3.8) is 0 Å². The SMILES string of the molecule is c1ccc(-c2nc(-c3ccccc3)nc(-n3c4ccccc4c4c5c6cccc7c8ccccc8c8ccccc8c8ccccc8n(c5ccc43)c76)n2)cc1. The lowest BCUT2D eigenvalue weighted by Crippen LogP contribution is -2.06. The molecular formula is C51H31N5.